The Labute approximate surface area is 96.7 Å². The third-order valence-corrected chi connectivity index (χ3v) is 2.27. The molecule has 0 aliphatic heterocycles. The van der Waals surface area contributed by atoms with Crippen LogP contribution in [0.3, 0.4) is 0 Å². The van der Waals surface area contributed by atoms with Crippen molar-refractivity contribution in [2.45, 2.75) is 45.7 Å². The van der Waals surface area contributed by atoms with E-state index < -0.39 is 18.1 Å². The second-order valence-corrected chi connectivity index (χ2v) is 4.23. The van der Waals surface area contributed by atoms with Crippen LogP contribution in [0, 0.1) is 5.92 Å². The summed E-state index contributed by atoms with van der Waals surface area (Å²) in [5, 5.41) is 2.58. The summed E-state index contributed by atoms with van der Waals surface area (Å²) in [6.45, 7) is 5.78. The van der Waals surface area contributed by atoms with Crippen molar-refractivity contribution in [3.63, 3.8) is 0 Å². The Morgan fingerprint density at radius 1 is 1.38 bits per heavy atom. The van der Waals surface area contributed by atoms with Gasteiger partial charge in [-0.2, -0.15) is 0 Å². The van der Waals surface area contributed by atoms with E-state index >= 15 is 0 Å². The third-order valence-electron chi connectivity index (χ3n) is 2.27. The molecule has 1 amide bonds. The Bertz CT molecular complexity index is 241. The number of carbonyl (C=O) groups excluding carboxylic acids is 2. The van der Waals surface area contributed by atoms with Gasteiger partial charge in [0.05, 0.1) is 13.2 Å². The molecule has 0 saturated carbocycles. The molecule has 0 radical (unpaired) electrons. The Morgan fingerprint density at radius 2 is 1.94 bits per heavy atom. The molecule has 16 heavy (non-hydrogen) atoms. The minimum atomic E-state index is -0.601. The van der Waals surface area contributed by atoms with E-state index in [1.165, 1.54) is 7.11 Å². The second-order valence-electron chi connectivity index (χ2n) is 4.23. The first-order valence-electron chi connectivity index (χ1n) is 5.56. The summed E-state index contributed by atoms with van der Waals surface area (Å²) in [4.78, 5) is 22.9. The van der Waals surface area contributed by atoms with Crippen molar-refractivity contribution in [2.24, 2.45) is 11.7 Å². The molecule has 0 rings (SSSR count). The lowest BCUT2D eigenvalue weighted by atomic mass is 10.0. The maximum absolute atomic E-state index is 11.6. The molecule has 5 heteroatoms. The van der Waals surface area contributed by atoms with Crippen molar-refractivity contribution in [1.29, 1.82) is 0 Å². The molecule has 3 N–H and O–H groups in total. The van der Waals surface area contributed by atoms with Gasteiger partial charge in [0, 0.05) is 0 Å². The lowest BCUT2D eigenvalue weighted by molar-refractivity contribution is -0.145. The van der Waals surface area contributed by atoms with Gasteiger partial charge < -0.3 is 15.8 Å². The van der Waals surface area contributed by atoms with E-state index in [1.54, 1.807) is 6.92 Å². The fraction of sp³-hybridized carbons (Fsp3) is 0.818. The van der Waals surface area contributed by atoms with Gasteiger partial charge in [-0.15, -0.1) is 0 Å². The van der Waals surface area contributed by atoms with Crippen LogP contribution in [-0.4, -0.2) is 31.1 Å². The van der Waals surface area contributed by atoms with Gasteiger partial charge in [0.15, 0.2) is 0 Å². The summed E-state index contributed by atoms with van der Waals surface area (Å²) < 4.78 is 4.57. The van der Waals surface area contributed by atoms with E-state index in [0.717, 1.165) is 0 Å². The second kappa shape index (κ2) is 7.22. The van der Waals surface area contributed by atoms with Crippen molar-refractivity contribution < 1.29 is 14.3 Å². The molecular formula is C11H22N2O3. The van der Waals surface area contributed by atoms with Crippen molar-refractivity contribution in [3.05, 3.63) is 0 Å². The van der Waals surface area contributed by atoms with Gasteiger partial charge >= 0.3 is 5.97 Å². The predicted molar refractivity (Wildman–Crippen MR) is 61.7 cm³/mol. The fourth-order valence-corrected chi connectivity index (χ4v) is 1.36. The van der Waals surface area contributed by atoms with E-state index in [9.17, 15) is 9.59 Å². The molecule has 0 aliphatic rings. The number of methoxy groups -OCH3 is 1. The first kappa shape index (κ1) is 14.9. The van der Waals surface area contributed by atoms with Gasteiger partial charge in [0.2, 0.25) is 5.91 Å². The molecule has 94 valence electrons. The summed E-state index contributed by atoms with van der Waals surface area (Å²) in [6, 6.07) is -1.17. The van der Waals surface area contributed by atoms with Gasteiger partial charge in [-0.25, -0.2) is 4.79 Å². The molecule has 0 saturated heterocycles. The quantitative estimate of drug-likeness (QED) is 0.648. The first-order valence-corrected chi connectivity index (χ1v) is 5.56. The molecule has 0 aromatic heterocycles. The number of rotatable bonds is 6. The van der Waals surface area contributed by atoms with Crippen LogP contribution in [0.15, 0.2) is 0 Å². The van der Waals surface area contributed by atoms with Crippen molar-refractivity contribution >= 4 is 11.9 Å². The molecule has 0 fully saturated rings. The number of nitrogens with one attached hydrogen (secondary N) is 1. The lowest BCUT2D eigenvalue weighted by Gasteiger charge is -2.18. The van der Waals surface area contributed by atoms with Gasteiger partial charge in [0.1, 0.15) is 6.04 Å². The number of ether oxygens (including phenoxy) is 1. The van der Waals surface area contributed by atoms with Crippen LogP contribution < -0.4 is 11.1 Å². The summed E-state index contributed by atoms with van der Waals surface area (Å²) in [7, 11) is 1.30. The van der Waals surface area contributed by atoms with Gasteiger partial charge in [-0.3, -0.25) is 4.79 Å². The molecule has 0 spiro atoms. The van der Waals surface area contributed by atoms with E-state index in [2.05, 4.69) is 10.1 Å². The number of hydrogen-bond acceptors (Lipinski definition) is 4. The number of amides is 1. The molecule has 0 bridgehead atoms. The van der Waals surface area contributed by atoms with Crippen LogP contribution in [-0.2, 0) is 14.3 Å². The monoisotopic (exact) mass is 230 g/mol. The Kier molecular flexibility index (Phi) is 6.72. The maximum Gasteiger partial charge on any atom is 0.328 e. The zero-order valence-electron chi connectivity index (χ0n) is 10.4. The Hall–Kier alpha value is -1.10. The molecule has 2 atom stereocenters. The van der Waals surface area contributed by atoms with Gasteiger partial charge in [0.25, 0.3) is 0 Å². The first-order chi connectivity index (χ1) is 7.42. The summed E-state index contributed by atoms with van der Waals surface area (Å²) in [6.07, 6.45) is 1.09. The normalized spacial score (nSPS) is 14.4. The molecule has 0 aromatic rings. The van der Waals surface area contributed by atoms with Crippen LogP contribution in [0.4, 0.5) is 0 Å². The summed E-state index contributed by atoms with van der Waals surface area (Å²) >= 11 is 0. The predicted octanol–water partition coefficient (Wildman–Crippen LogP) is 0.428. The van der Waals surface area contributed by atoms with E-state index in [4.69, 9.17) is 5.73 Å². The smallest absolute Gasteiger partial charge is 0.328 e. The lowest BCUT2D eigenvalue weighted by Crippen LogP contribution is -2.48. The zero-order chi connectivity index (χ0) is 12.7. The van der Waals surface area contributed by atoms with Crippen LogP contribution in [0.25, 0.3) is 0 Å². The highest BCUT2D eigenvalue weighted by Gasteiger charge is 2.22. The largest absolute Gasteiger partial charge is 0.467 e. The van der Waals surface area contributed by atoms with Crippen LogP contribution >= 0.6 is 0 Å². The van der Waals surface area contributed by atoms with E-state index in [-0.39, 0.29) is 5.91 Å². The minimum absolute atomic E-state index is 0.300. The number of hydrogen-bond donors (Lipinski definition) is 2. The highest BCUT2D eigenvalue weighted by Crippen LogP contribution is 2.03. The maximum atomic E-state index is 11.6. The van der Waals surface area contributed by atoms with Crippen LogP contribution in [0.1, 0.15) is 33.6 Å². The molecule has 0 aliphatic carbocycles. The van der Waals surface area contributed by atoms with Crippen LogP contribution in [0.5, 0.6) is 0 Å². The highest BCUT2D eigenvalue weighted by molar-refractivity contribution is 5.87. The van der Waals surface area contributed by atoms with Crippen LogP contribution in [0.2, 0.25) is 0 Å². The van der Waals surface area contributed by atoms with E-state index in [0.29, 0.717) is 18.8 Å². The average molecular weight is 230 g/mol. The number of esters is 1. The summed E-state index contributed by atoms with van der Waals surface area (Å²) in [5.41, 5.74) is 5.70. The number of nitrogens with two attached hydrogens (primary N) is 1. The standard InChI is InChI=1S/C11H22N2O3/c1-5-9(11(15)16-4)13-10(14)8(12)6-7(2)3/h7-9H,5-6,12H2,1-4H3,(H,13,14)/t8-,9?/m0/s1. The topological polar surface area (TPSA) is 81.4 Å². The SMILES string of the molecule is CCC(NC(=O)[C@@H](N)CC(C)C)C(=O)OC. The molecule has 1 unspecified atom stereocenters. The van der Waals surface area contributed by atoms with Gasteiger partial charge in [-0.1, -0.05) is 20.8 Å². The molecular weight excluding hydrogens is 208 g/mol. The zero-order valence-corrected chi connectivity index (χ0v) is 10.4. The minimum Gasteiger partial charge on any atom is -0.467 e. The summed E-state index contributed by atoms with van der Waals surface area (Å²) in [5.74, 6) is -0.391. The van der Waals surface area contributed by atoms with Crippen molar-refractivity contribution in [3.8, 4) is 0 Å². The van der Waals surface area contributed by atoms with E-state index in [1.807, 2.05) is 13.8 Å². The van der Waals surface area contributed by atoms with Crippen molar-refractivity contribution in [2.75, 3.05) is 7.11 Å². The average Bonchev–Trinajstić information content (AvgIpc) is 2.23. The van der Waals surface area contributed by atoms with Crippen molar-refractivity contribution in [1.82, 2.24) is 5.32 Å². The number of carbonyl (C=O) groups is 2. The fourth-order valence-electron chi connectivity index (χ4n) is 1.36. The molecule has 5 nitrogen and oxygen atoms in total. The Balaban J connectivity index is 4.24. The molecule has 0 aromatic carbocycles. The Morgan fingerprint density at radius 3 is 2.31 bits per heavy atom. The van der Waals surface area contributed by atoms with Gasteiger partial charge in [-0.05, 0) is 18.8 Å². The highest BCUT2D eigenvalue weighted by atomic mass is 16.5. The molecule has 0 heterocycles. The third kappa shape index (κ3) is 5.11.